The molecule has 3 heterocycles. The van der Waals surface area contributed by atoms with E-state index >= 15 is 0 Å². The first-order chi connectivity index (χ1) is 17.2. The van der Waals surface area contributed by atoms with E-state index < -0.39 is 0 Å². The Morgan fingerprint density at radius 2 is 1.83 bits per heavy atom. The van der Waals surface area contributed by atoms with Crippen molar-refractivity contribution < 1.29 is 14.0 Å². The Morgan fingerprint density at radius 3 is 2.63 bits per heavy atom. The van der Waals surface area contributed by atoms with Crippen molar-refractivity contribution in [3.8, 4) is 28.6 Å². The van der Waals surface area contributed by atoms with E-state index in [-0.39, 0.29) is 5.56 Å². The molecule has 5 rings (SSSR count). The molecule has 35 heavy (non-hydrogen) atoms. The van der Waals surface area contributed by atoms with E-state index in [0.29, 0.717) is 30.8 Å². The van der Waals surface area contributed by atoms with Crippen LogP contribution in [0.2, 0.25) is 0 Å². The molecule has 0 amide bonds. The Bertz CT molecular complexity index is 1320. The predicted molar refractivity (Wildman–Crippen MR) is 134 cm³/mol. The lowest BCUT2D eigenvalue weighted by atomic mass is 9.91. The standard InChI is InChI=1S/C28H29N3O4/c1-2-14-34-25-5-3-4-20(17-25)18-31-19-24(10-11-26(31)32)27-29-28(35-30-27)23-8-6-21(7-9-23)22-12-15-33-16-13-22/h3-11,17,19,22H,2,12-16,18H2,1H3. The van der Waals surface area contributed by atoms with E-state index in [4.69, 9.17) is 14.0 Å². The van der Waals surface area contributed by atoms with Gasteiger partial charge >= 0.3 is 0 Å². The van der Waals surface area contributed by atoms with Crippen LogP contribution in [0.3, 0.4) is 0 Å². The normalized spacial score (nSPS) is 14.2. The molecule has 2 aromatic carbocycles. The van der Waals surface area contributed by atoms with Crippen molar-refractivity contribution in [1.82, 2.24) is 14.7 Å². The van der Waals surface area contributed by atoms with Gasteiger partial charge in [0.25, 0.3) is 11.4 Å². The van der Waals surface area contributed by atoms with Gasteiger partial charge in [0.2, 0.25) is 5.82 Å². The summed E-state index contributed by atoms with van der Waals surface area (Å²) < 4.78 is 18.4. The third kappa shape index (κ3) is 5.52. The molecule has 1 aliphatic rings. The number of hydrogen-bond acceptors (Lipinski definition) is 6. The fourth-order valence-corrected chi connectivity index (χ4v) is 4.32. The van der Waals surface area contributed by atoms with Gasteiger partial charge in [0, 0.05) is 36.6 Å². The van der Waals surface area contributed by atoms with Crippen molar-refractivity contribution in [2.24, 2.45) is 0 Å². The van der Waals surface area contributed by atoms with Gasteiger partial charge in [-0.1, -0.05) is 36.3 Å². The van der Waals surface area contributed by atoms with Crippen molar-refractivity contribution in [2.75, 3.05) is 19.8 Å². The average molecular weight is 472 g/mol. The molecule has 1 saturated heterocycles. The first-order valence-electron chi connectivity index (χ1n) is 12.1. The van der Waals surface area contributed by atoms with E-state index in [2.05, 4.69) is 29.2 Å². The highest BCUT2D eigenvalue weighted by Crippen LogP contribution is 2.29. The average Bonchev–Trinajstić information content (AvgIpc) is 3.40. The quantitative estimate of drug-likeness (QED) is 0.347. The maximum atomic E-state index is 12.5. The summed E-state index contributed by atoms with van der Waals surface area (Å²) in [5.41, 5.74) is 3.79. The smallest absolute Gasteiger partial charge is 0.258 e. The van der Waals surface area contributed by atoms with Gasteiger partial charge < -0.3 is 18.6 Å². The molecule has 0 radical (unpaired) electrons. The number of nitrogens with zero attached hydrogens (tertiary/aromatic N) is 3. The Hall–Kier alpha value is -3.71. The fraction of sp³-hybridized carbons (Fsp3) is 0.321. The molecule has 0 N–H and O–H groups in total. The molecule has 1 aliphatic heterocycles. The van der Waals surface area contributed by atoms with Crippen LogP contribution in [-0.2, 0) is 11.3 Å². The van der Waals surface area contributed by atoms with Crippen LogP contribution < -0.4 is 10.3 Å². The first kappa shape index (κ1) is 23.1. The fourth-order valence-electron chi connectivity index (χ4n) is 4.32. The van der Waals surface area contributed by atoms with Crippen LogP contribution in [0.5, 0.6) is 5.75 Å². The van der Waals surface area contributed by atoms with Gasteiger partial charge in [0.15, 0.2) is 0 Å². The molecule has 0 spiro atoms. The number of hydrogen-bond donors (Lipinski definition) is 0. The topological polar surface area (TPSA) is 79.4 Å². The Kier molecular flexibility index (Phi) is 7.04. The molecule has 2 aromatic heterocycles. The van der Waals surface area contributed by atoms with Gasteiger partial charge in [-0.2, -0.15) is 4.98 Å². The third-order valence-corrected chi connectivity index (χ3v) is 6.24. The third-order valence-electron chi connectivity index (χ3n) is 6.24. The molecule has 1 fully saturated rings. The predicted octanol–water partition coefficient (Wildman–Crippen LogP) is 5.30. The number of ether oxygens (including phenoxy) is 2. The molecule has 4 aromatic rings. The molecule has 7 nitrogen and oxygen atoms in total. The van der Waals surface area contributed by atoms with Gasteiger partial charge in [-0.25, -0.2) is 0 Å². The highest BCUT2D eigenvalue weighted by Gasteiger charge is 2.17. The van der Waals surface area contributed by atoms with Gasteiger partial charge in [-0.15, -0.1) is 0 Å². The van der Waals surface area contributed by atoms with E-state index in [1.165, 1.54) is 11.6 Å². The van der Waals surface area contributed by atoms with Crippen LogP contribution in [0.1, 0.15) is 43.2 Å². The molecule has 0 bridgehead atoms. The number of benzene rings is 2. The summed E-state index contributed by atoms with van der Waals surface area (Å²) in [5, 5.41) is 4.16. The van der Waals surface area contributed by atoms with Crippen molar-refractivity contribution in [3.63, 3.8) is 0 Å². The summed E-state index contributed by atoms with van der Waals surface area (Å²) >= 11 is 0. The van der Waals surface area contributed by atoms with Gasteiger partial charge in [-0.3, -0.25) is 4.79 Å². The summed E-state index contributed by atoms with van der Waals surface area (Å²) in [6.45, 7) is 4.80. The summed E-state index contributed by atoms with van der Waals surface area (Å²) in [6, 6.07) is 19.4. The number of pyridine rings is 1. The van der Waals surface area contributed by atoms with Crippen molar-refractivity contribution in [3.05, 3.63) is 88.3 Å². The van der Waals surface area contributed by atoms with Gasteiger partial charge in [0.1, 0.15) is 5.75 Å². The van der Waals surface area contributed by atoms with E-state index in [1.807, 2.05) is 36.4 Å². The molecule has 0 saturated carbocycles. The summed E-state index contributed by atoms with van der Waals surface area (Å²) in [5.74, 6) is 2.24. The second-order valence-electron chi connectivity index (χ2n) is 8.81. The van der Waals surface area contributed by atoms with Crippen molar-refractivity contribution in [1.29, 1.82) is 0 Å². The summed E-state index contributed by atoms with van der Waals surface area (Å²) in [6.07, 6.45) is 4.81. The first-order valence-corrected chi connectivity index (χ1v) is 12.1. The minimum absolute atomic E-state index is 0.0963. The monoisotopic (exact) mass is 471 g/mol. The molecular weight excluding hydrogens is 442 g/mol. The second kappa shape index (κ2) is 10.7. The SMILES string of the molecule is CCCOc1cccc(Cn2cc(-c3noc(-c4ccc(C5CCOCC5)cc4)n3)ccc2=O)c1. The maximum absolute atomic E-state index is 12.5. The molecule has 7 heteroatoms. The zero-order valence-corrected chi connectivity index (χ0v) is 19.9. The Balaban J connectivity index is 1.33. The van der Waals surface area contributed by atoms with Crippen molar-refractivity contribution >= 4 is 0 Å². The van der Waals surface area contributed by atoms with Gasteiger partial charge in [0.05, 0.1) is 13.2 Å². The van der Waals surface area contributed by atoms with Crippen LogP contribution >= 0.6 is 0 Å². The number of aromatic nitrogens is 3. The molecule has 0 atom stereocenters. The summed E-state index contributed by atoms with van der Waals surface area (Å²) in [4.78, 5) is 17.1. The molecular formula is C28H29N3O4. The summed E-state index contributed by atoms with van der Waals surface area (Å²) in [7, 11) is 0. The van der Waals surface area contributed by atoms with Crippen LogP contribution in [-0.4, -0.2) is 34.5 Å². The lowest BCUT2D eigenvalue weighted by molar-refractivity contribution is 0.0853. The largest absolute Gasteiger partial charge is 0.494 e. The van der Waals surface area contributed by atoms with Crippen molar-refractivity contribution in [2.45, 2.75) is 38.6 Å². The van der Waals surface area contributed by atoms with Crippen LogP contribution in [0.25, 0.3) is 22.8 Å². The lowest BCUT2D eigenvalue weighted by Gasteiger charge is -2.22. The Labute approximate surface area is 204 Å². The highest BCUT2D eigenvalue weighted by molar-refractivity contribution is 5.59. The van der Waals surface area contributed by atoms with E-state index in [1.54, 1.807) is 16.8 Å². The maximum Gasteiger partial charge on any atom is 0.258 e. The Morgan fingerprint density at radius 1 is 1.03 bits per heavy atom. The highest BCUT2D eigenvalue weighted by atomic mass is 16.5. The zero-order valence-electron chi connectivity index (χ0n) is 19.9. The zero-order chi connectivity index (χ0) is 24.0. The van der Waals surface area contributed by atoms with Crippen LogP contribution in [0.15, 0.2) is 76.2 Å². The minimum Gasteiger partial charge on any atom is -0.494 e. The second-order valence-corrected chi connectivity index (χ2v) is 8.81. The molecule has 0 unspecified atom stereocenters. The van der Waals surface area contributed by atoms with Crippen LogP contribution in [0, 0.1) is 0 Å². The molecule has 180 valence electrons. The molecule has 0 aliphatic carbocycles. The number of rotatable bonds is 8. The van der Waals surface area contributed by atoms with Crippen LogP contribution in [0.4, 0.5) is 0 Å². The lowest BCUT2D eigenvalue weighted by Crippen LogP contribution is -2.19. The minimum atomic E-state index is -0.0963. The van der Waals surface area contributed by atoms with E-state index in [9.17, 15) is 4.79 Å². The van der Waals surface area contributed by atoms with E-state index in [0.717, 1.165) is 54.9 Å². The van der Waals surface area contributed by atoms with Gasteiger partial charge in [-0.05, 0) is 66.6 Å².